The number of imidazole rings is 1. The second kappa shape index (κ2) is 10.7. The number of hydrogen-bond donors (Lipinski definition) is 2. The van der Waals surface area contributed by atoms with Crippen molar-refractivity contribution in [2.45, 2.75) is 10.4 Å². The molecule has 12 heteroatoms. The first-order valence-corrected chi connectivity index (χ1v) is 11.3. The fourth-order valence-electron chi connectivity index (χ4n) is 3.18. The van der Waals surface area contributed by atoms with E-state index in [1.807, 2.05) is 17.7 Å². The predicted octanol–water partition coefficient (Wildman–Crippen LogP) is 5.96. The first kappa shape index (κ1) is 25.1. The molecule has 2 N–H and O–H groups in total. The van der Waals surface area contributed by atoms with Crippen LogP contribution in [0.25, 0.3) is 11.0 Å². The molecule has 2 heterocycles. The molecule has 0 atom stereocenters. The highest BCUT2D eigenvalue weighted by Gasteiger charge is 2.29. The summed E-state index contributed by atoms with van der Waals surface area (Å²) in [5, 5.41) is 3.11. The number of anilines is 2. The van der Waals surface area contributed by atoms with E-state index in [-0.39, 0.29) is 29.0 Å². The molecular formula is C24H20F3N5O3S. The smallest absolute Gasteiger partial charge is 0.446 e. The Balaban J connectivity index is 1.48. The number of amides is 1. The maximum atomic E-state index is 12.5. The van der Waals surface area contributed by atoms with E-state index in [1.54, 1.807) is 30.3 Å². The van der Waals surface area contributed by atoms with Crippen LogP contribution in [0.1, 0.15) is 10.5 Å². The number of aryl methyl sites for hydroxylation is 1. The van der Waals surface area contributed by atoms with Gasteiger partial charge in [0.15, 0.2) is 0 Å². The Hall–Kier alpha value is -4.03. The van der Waals surface area contributed by atoms with Crippen molar-refractivity contribution in [1.82, 2.24) is 20.0 Å². The molecule has 0 unspecified atom stereocenters. The average molecular weight is 516 g/mol. The summed E-state index contributed by atoms with van der Waals surface area (Å²) >= 11 is -0.167. The first-order valence-electron chi connectivity index (χ1n) is 10.5. The van der Waals surface area contributed by atoms with Crippen LogP contribution in [-0.4, -0.2) is 32.6 Å². The van der Waals surface area contributed by atoms with Crippen LogP contribution in [0.15, 0.2) is 78.3 Å². The van der Waals surface area contributed by atoms with Gasteiger partial charge in [-0.15, -0.1) is 6.58 Å². The summed E-state index contributed by atoms with van der Waals surface area (Å²) in [5.41, 5.74) is 0.0666. The number of alkyl halides is 3. The van der Waals surface area contributed by atoms with Gasteiger partial charge < -0.3 is 14.6 Å². The molecule has 0 bridgehead atoms. The number of carbonyl (C=O) groups excluding carboxylic acids is 1. The molecule has 8 nitrogen and oxygen atoms in total. The molecule has 1 amide bonds. The van der Waals surface area contributed by atoms with E-state index < -0.39 is 11.4 Å². The number of ether oxygens (including phenoxy) is 1. The van der Waals surface area contributed by atoms with Crippen LogP contribution in [-0.2, 0) is 11.9 Å². The van der Waals surface area contributed by atoms with Crippen LogP contribution in [0.5, 0.6) is 11.5 Å². The van der Waals surface area contributed by atoms with Gasteiger partial charge in [-0.3, -0.25) is 14.6 Å². The Kier molecular flexibility index (Phi) is 7.46. The summed E-state index contributed by atoms with van der Waals surface area (Å²) in [4.78, 5) is 25.7. The molecule has 2 aromatic heterocycles. The monoisotopic (exact) mass is 515 g/mol. The van der Waals surface area contributed by atoms with Crippen molar-refractivity contribution in [2.24, 2.45) is 7.05 Å². The number of rotatable bonds is 9. The van der Waals surface area contributed by atoms with Gasteiger partial charge in [0, 0.05) is 36.0 Å². The molecular weight excluding hydrogens is 495 g/mol. The van der Waals surface area contributed by atoms with Gasteiger partial charge in [-0.2, -0.15) is 13.2 Å². The molecule has 4 rings (SSSR count). The summed E-state index contributed by atoms with van der Waals surface area (Å²) in [6.07, 6.45) is 2.94. The van der Waals surface area contributed by atoms with Crippen LogP contribution in [0, 0.1) is 0 Å². The Morgan fingerprint density at radius 1 is 1.14 bits per heavy atom. The number of halogens is 3. The molecule has 4 aromatic rings. The molecule has 186 valence electrons. The van der Waals surface area contributed by atoms with Crippen molar-refractivity contribution in [1.29, 1.82) is 0 Å². The van der Waals surface area contributed by atoms with Crippen molar-refractivity contribution >= 4 is 40.3 Å². The van der Waals surface area contributed by atoms with E-state index in [0.717, 1.165) is 5.52 Å². The minimum absolute atomic E-state index is 0.0980. The second-order valence-corrected chi connectivity index (χ2v) is 8.49. The van der Waals surface area contributed by atoms with Crippen molar-refractivity contribution in [3.05, 3.63) is 79.1 Å². The molecule has 0 saturated heterocycles. The van der Waals surface area contributed by atoms with E-state index in [0.29, 0.717) is 28.7 Å². The lowest BCUT2D eigenvalue weighted by atomic mass is 10.3. The van der Waals surface area contributed by atoms with Crippen LogP contribution < -0.4 is 15.5 Å². The highest BCUT2D eigenvalue weighted by Crippen LogP contribution is 2.37. The van der Waals surface area contributed by atoms with E-state index in [9.17, 15) is 18.0 Å². The lowest BCUT2D eigenvalue weighted by molar-refractivity contribution is -0.0328. The zero-order valence-corrected chi connectivity index (χ0v) is 19.7. The number of nitrogens with one attached hydrogen (secondary N) is 2. The van der Waals surface area contributed by atoms with Crippen molar-refractivity contribution in [3.63, 3.8) is 0 Å². The van der Waals surface area contributed by atoms with Gasteiger partial charge in [0.25, 0.3) is 5.91 Å². The molecule has 0 aliphatic heterocycles. The molecule has 2 aromatic carbocycles. The van der Waals surface area contributed by atoms with Crippen molar-refractivity contribution in [3.8, 4) is 11.5 Å². The SMILES string of the molecule is C=CCONC(=O)c1cc(Oc2ccc3c(c2)nc(Nc2ccc(SC(F)(F)F)cc2)n3C)ccn1. The summed E-state index contributed by atoms with van der Waals surface area (Å²) < 4.78 is 45.3. The topological polar surface area (TPSA) is 90.3 Å². The zero-order valence-electron chi connectivity index (χ0n) is 18.9. The predicted molar refractivity (Wildman–Crippen MR) is 130 cm³/mol. The number of carbonyl (C=O) groups is 1. The van der Waals surface area contributed by atoms with Gasteiger partial charge in [-0.05, 0) is 54.2 Å². The van der Waals surface area contributed by atoms with Crippen molar-refractivity contribution < 1.29 is 27.5 Å². The number of pyridine rings is 1. The number of aromatic nitrogens is 3. The van der Waals surface area contributed by atoms with Crippen LogP contribution in [0.4, 0.5) is 24.8 Å². The second-order valence-electron chi connectivity index (χ2n) is 7.35. The minimum Gasteiger partial charge on any atom is -0.457 e. The number of fused-ring (bicyclic) bond motifs is 1. The van der Waals surface area contributed by atoms with Crippen LogP contribution in [0.2, 0.25) is 0 Å². The molecule has 0 spiro atoms. The third-order valence-electron chi connectivity index (χ3n) is 4.76. The summed E-state index contributed by atoms with van der Waals surface area (Å²) in [7, 11) is 1.81. The Morgan fingerprint density at radius 3 is 2.61 bits per heavy atom. The van der Waals surface area contributed by atoms with Crippen LogP contribution in [0.3, 0.4) is 0 Å². The lowest BCUT2D eigenvalue weighted by Crippen LogP contribution is -2.24. The molecule has 0 saturated carbocycles. The van der Waals surface area contributed by atoms with E-state index in [1.165, 1.54) is 30.5 Å². The summed E-state index contributed by atoms with van der Waals surface area (Å²) in [6, 6.07) is 14.3. The molecule has 0 aliphatic rings. The number of nitrogens with zero attached hydrogens (tertiary/aromatic N) is 3. The number of hydrogen-bond acceptors (Lipinski definition) is 7. The quantitative estimate of drug-likeness (QED) is 0.123. The molecule has 0 aliphatic carbocycles. The fourth-order valence-corrected chi connectivity index (χ4v) is 3.72. The van der Waals surface area contributed by atoms with Gasteiger partial charge in [0.05, 0.1) is 17.6 Å². The highest BCUT2D eigenvalue weighted by molar-refractivity contribution is 8.00. The minimum atomic E-state index is -4.34. The van der Waals surface area contributed by atoms with E-state index in [2.05, 4.69) is 27.3 Å². The van der Waals surface area contributed by atoms with Gasteiger partial charge in [0.2, 0.25) is 5.95 Å². The van der Waals surface area contributed by atoms with Gasteiger partial charge in [0.1, 0.15) is 17.2 Å². The third kappa shape index (κ3) is 6.34. The van der Waals surface area contributed by atoms with Crippen LogP contribution >= 0.6 is 11.8 Å². The first-order chi connectivity index (χ1) is 17.2. The number of thioether (sulfide) groups is 1. The fraction of sp³-hybridized carbons (Fsp3) is 0.125. The van der Waals surface area contributed by atoms with Gasteiger partial charge in [-0.25, -0.2) is 10.5 Å². The zero-order chi connectivity index (χ0) is 25.7. The maximum Gasteiger partial charge on any atom is 0.446 e. The third-order valence-corrected chi connectivity index (χ3v) is 5.50. The summed E-state index contributed by atoms with van der Waals surface area (Å²) in [6.45, 7) is 3.65. The number of hydroxylamine groups is 1. The Labute approximate surface area is 208 Å². The Bertz CT molecular complexity index is 1390. The largest absolute Gasteiger partial charge is 0.457 e. The maximum absolute atomic E-state index is 12.5. The van der Waals surface area contributed by atoms with Gasteiger partial charge >= 0.3 is 5.51 Å². The highest BCUT2D eigenvalue weighted by atomic mass is 32.2. The summed E-state index contributed by atoms with van der Waals surface area (Å²) in [5.74, 6) is 0.856. The van der Waals surface area contributed by atoms with Crippen molar-refractivity contribution in [2.75, 3.05) is 11.9 Å². The normalized spacial score (nSPS) is 11.3. The molecule has 0 radical (unpaired) electrons. The number of benzene rings is 2. The van der Waals surface area contributed by atoms with E-state index in [4.69, 9.17) is 9.57 Å². The Morgan fingerprint density at radius 2 is 1.89 bits per heavy atom. The molecule has 0 fully saturated rings. The standard InChI is InChI=1S/C24H20F3N5O3S/c1-3-12-34-31-22(33)20-14-17(10-11-28-20)35-16-6-9-21-19(13-16)30-23(32(21)2)29-15-4-7-18(8-5-15)36-24(25,26)27/h3-11,13-14H,1,12H2,2H3,(H,29,30)(H,31,33). The van der Waals surface area contributed by atoms with E-state index >= 15 is 0 Å². The lowest BCUT2D eigenvalue weighted by Gasteiger charge is -2.09. The molecule has 36 heavy (non-hydrogen) atoms. The average Bonchev–Trinajstić information content (AvgIpc) is 3.14. The van der Waals surface area contributed by atoms with Gasteiger partial charge in [-0.1, -0.05) is 6.08 Å².